The molecule has 18 heavy (non-hydrogen) atoms. The van der Waals surface area contributed by atoms with Gasteiger partial charge in [-0.2, -0.15) is 5.10 Å². The summed E-state index contributed by atoms with van der Waals surface area (Å²) in [6, 6.07) is 9.28. The summed E-state index contributed by atoms with van der Waals surface area (Å²) >= 11 is 0. The number of nitrogens with one attached hydrogen (secondary N) is 1. The summed E-state index contributed by atoms with van der Waals surface area (Å²) in [5, 5.41) is 15.1. The number of hydrogen-bond acceptors (Lipinski definition) is 3. The highest BCUT2D eigenvalue weighted by Crippen LogP contribution is 2.16. The highest BCUT2D eigenvalue weighted by Gasteiger charge is 2.08. The van der Waals surface area contributed by atoms with E-state index in [0.717, 1.165) is 17.0 Å². The molecule has 0 fully saturated rings. The van der Waals surface area contributed by atoms with Gasteiger partial charge in [-0.15, -0.1) is 0 Å². The lowest BCUT2D eigenvalue weighted by Crippen LogP contribution is -2.02. The molecule has 1 aromatic heterocycles. The number of aryl methyl sites for hydroxylation is 1. The molecule has 2 N–H and O–H groups in total. The van der Waals surface area contributed by atoms with Crippen LogP contribution in [0.1, 0.15) is 21.7 Å². The molecular weight excluding hydrogens is 232 g/mol. The number of aromatic nitrogens is 2. The maximum absolute atomic E-state index is 10.6. The van der Waals surface area contributed by atoms with Gasteiger partial charge in [0.25, 0.3) is 0 Å². The first-order valence-electron chi connectivity index (χ1n) is 5.63. The van der Waals surface area contributed by atoms with Gasteiger partial charge in [-0.05, 0) is 24.6 Å². The predicted molar refractivity (Wildman–Crippen MR) is 65.9 cm³/mol. The Morgan fingerprint density at radius 3 is 2.89 bits per heavy atom. The number of nitrogens with zero attached hydrogens (tertiary/aromatic N) is 1. The van der Waals surface area contributed by atoms with Gasteiger partial charge in [-0.1, -0.05) is 18.2 Å². The molecule has 1 heterocycles. The minimum atomic E-state index is -1.03. The van der Waals surface area contributed by atoms with Gasteiger partial charge in [-0.3, -0.25) is 5.10 Å². The Hall–Kier alpha value is -2.30. The summed E-state index contributed by atoms with van der Waals surface area (Å²) in [6.07, 6.45) is 0.592. The first-order valence-corrected chi connectivity index (χ1v) is 5.63. The minimum Gasteiger partial charge on any atom is -0.493 e. The number of ether oxygens (including phenoxy) is 1. The Balaban J connectivity index is 1.88. The van der Waals surface area contributed by atoms with E-state index in [9.17, 15) is 4.79 Å². The number of H-pyrrole nitrogens is 1. The third kappa shape index (κ3) is 2.88. The van der Waals surface area contributed by atoms with Gasteiger partial charge in [-0.25, -0.2) is 4.79 Å². The topological polar surface area (TPSA) is 75.2 Å². The monoisotopic (exact) mass is 246 g/mol. The fraction of sp³-hybridized carbons (Fsp3) is 0.231. The summed E-state index contributed by atoms with van der Waals surface area (Å²) in [5.74, 6) is -0.187. The van der Waals surface area contributed by atoms with Crippen molar-refractivity contribution in [3.05, 3.63) is 47.3 Å². The molecule has 0 saturated heterocycles. The SMILES string of the molecule is Cc1ccccc1OCCc1cc(C(=O)O)n[nH]1. The minimum absolute atomic E-state index is 0.0286. The molecular formula is C13H14N2O3. The standard InChI is InChI=1S/C13H14N2O3/c1-9-4-2-3-5-12(9)18-7-6-10-8-11(13(16)17)15-14-10/h2-5,8H,6-7H2,1H3,(H,14,15)(H,16,17). The van der Waals surface area contributed by atoms with E-state index in [1.54, 1.807) is 0 Å². The summed E-state index contributed by atoms with van der Waals surface area (Å²) in [7, 11) is 0. The van der Waals surface area contributed by atoms with Gasteiger partial charge in [0.15, 0.2) is 5.69 Å². The molecule has 2 aromatic rings. The average Bonchev–Trinajstić information content (AvgIpc) is 2.80. The number of carbonyl (C=O) groups is 1. The Morgan fingerprint density at radius 1 is 1.44 bits per heavy atom. The largest absolute Gasteiger partial charge is 0.493 e. The average molecular weight is 246 g/mol. The lowest BCUT2D eigenvalue weighted by atomic mass is 10.2. The molecule has 0 radical (unpaired) electrons. The number of hydrogen-bond donors (Lipinski definition) is 2. The van der Waals surface area contributed by atoms with Crippen LogP contribution in [-0.4, -0.2) is 27.9 Å². The first kappa shape index (κ1) is 12.2. The summed E-state index contributed by atoms with van der Waals surface area (Å²) in [6.45, 7) is 2.46. The van der Waals surface area contributed by atoms with E-state index in [4.69, 9.17) is 9.84 Å². The molecule has 0 aliphatic heterocycles. The molecule has 0 amide bonds. The van der Waals surface area contributed by atoms with E-state index in [1.165, 1.54) is 6.07 Å². The molecule has 5 heteroatoms. The Kier molecular flexibility index (Phi) is 3.62. The maximum Gasteiger partial charge on any atom is 0.356 e. The van der Waals surface area contributed by atoms with Crippen molar-refractivity contribution in [2.45, 2.75) is 13.3 Å². The van der Waals surface area contributed by atoms with Crippen LogP contribution in [0.5, 0.6) is 5.75 Å². The lowest BCUT2D eigenvalue weighted by molar-refractivity contribution is 0.0690. The zero-order valence-corrected chi connectivity index (χ0v) is 10.0. The number of carboxylic acid groups (broad SMARTS) is 1. The predicted octanol–water partition coefficient (Wildman–Crippen LogP) is 2.04. The van der Waals surface area contributed by atoms with Crippen LogP contribution in [0.3, 0.4) is 0 Å². The Labute approximate surface area is 104 Å². The molecule has 0 spiro atoms. The number of para-hydroxylation sites is 1. The fourth-order valence-corrected chi connectivity index (χ4v) is 1.59. The number of rotatable bonds is 5. The summed E-state index contributed by atoms with van der Waals surface area (Å²) in [4.78, 5) is 10.6. The third-order valence-electron chi connectivity index (χ3n) is 2.57. The first-order chi connectivity index (χ1) is 8.66. The van der Waals surface area contributed by atoms with Crippen LogP contribution in [0.25, 0.3) is 0 Å². The van der Waals surface area contributed by atoms with Crippen molar-refractivity contribution < 1.29 is 14.6 Å². The number of aromatic carboxylic acids is 1. The summed E-state index contributed by atoms with van der Waals surface area (Å²) in [5.41, 5.74) is 1.86. The quantitative estimate of drug-likeness (QED) is 0.846. The molecule has 0 aliphatic rings. The molecule has 94 valence electrons. The highest BCUT2D eigenvalue weighted by molar-refractivity contribution is 5.85. The zero-order chi connectivity index (χ0) is 13.0. The molecule has 0 saturated carbocycles. The number of carboxylic acids is 1. The van der Waals surface area contributed by atoms with Crippen LogP contribution in [0, 0.1) is 6.92 Å². The van der Waals surface area contributed by atoms with E-state index in [0.29, 0.717) is 13.0 Å². The lowest BCUT2D eigenvalue weighted by Gasteiger charge is -2.07. The third-order valence-corrected chi connectivity index (χ3v) is 2.57. The summed E-state index contributed by atoms with van der Waals surface area (Å²) < 4.78 is 5.62. The van der Waals surface area contributed by atoms with Crippen molar-refractivity contribution in [1.29, 1.82) is 0 Å². The molecule has 0 aliphatic carbocycles. The Morgan fingerprint density at radius 2 is 2.22 bits per heavy atom. The van der Waals surface area contributed by atoms with E-state index in [-0.39, 0.29) is 5.69 Å². The molecule has 0 unspecified atom stereocenters. The molecule has 5 nitrogen and oxygen atoms in total. The van der Waals surface area contributed by atoms with Crippen LogP contribution in [-0.2, 0) is 6.42 Å². The second-order valence-corrected chi connectivity index (χ2v) is 3.95. The molecule has 0 bridgehead atoms. The Bertz CT molecular complexity index is 549. The fourth-order valence-electron chi connectivity index (χ4n) is 1.59. The van der Waals surface area contributed by atoms with Crippen molar-refractivity contribution in [2.24, 2.45) is 0 Å². The van der Waals surface area contributed by atoms with E-state index >= 15 is 0 Å². The van der Waals surface area contributed by atoms with Crippen LogP contribution in [0.15, 0.2) is 30.3 Å². The van der Waals surface area contributed by atoms with Crippen LogP contribution in [0.4, 0.5) is 0 Å². The van der Waals surface area contributed by atoms with E-state index in [2.05, 4.69) is 10.2 Å². The highest BCUT2D eigenvalue weighted by atomic mass is 16.5. The van der Waals surface area contributed by atoms with E-state index in [1.807, 2.05) is 31.2 Å². The second kappa shape index (κ2) is 5.35. The number of benzene rings is 1. The molecule has 2 rings (SSSR count). The number of aromatic amines is 1. The smallest absolute Gasteiger partial charge is 0.356 e. The van der Waals surface area contributed by atoms with Crippen molar-refractivity contribution >= 4 is 5.97 Å². The van der Waals surface area contributed by atoms with Crippen molar-refractivity contribution in [2.75, 3.05) is 6.61 Å². The molecule has 0 atom stereocenters. The van der Waals surface area contributed by atoms with Crippen LogP contribution < -0.4 is 4.74 Å². The van der Waals surface area contributed by atoms with Gasteiger partial charge in [0.2, 0.25) is 0 Å². The van der Waals surface area contributed by atoms with E-state index < -0.39 is 5.97 Å². The van der Waals surface area contributed by atoms with Crippen LogP contribution in [0.2, 0.25) is 0 Å². The van der Waals surface area contributed by atoms with Gasteiger partial charge < -0.3 is 9.84 Å². The van der Waals surface area contributed by atoms with Crippen molar-refractivity contribution in [3.8, 4) is 5.75 Å². The van der Waals surface area contributed by atoms with Gasteiger partial charge in [0.05, 0.1) is 6.61 Å². The molecule has 1 aromatic carbocycles. The van der Waals surface area contributed by atoms with Crippen molar-refractivity contribution in [1.82, 2.24) is 10.2 Å². The normalized spacial score (nSPS) is 10.3. The van der Waals surface area contributed by atoms with Crippen LogP contribution >= 0.6 is 0 Å². The van der Waals surface area contributed by atoms with Gasteiger partial charge in [0.1, 0.15) is 5.75 Å². The van der Waals surface area contributed by atoms with Gasteiger partial charge >= 0.3 is 5.97 Å². The second-order valence-electron chi connectivity index (χ2n) is 3.95. The van der Waals surface area contributed by atoms with Crippen molar-refractivity contribution in [3.63, 3.8) is 0 Å². The van der Waals surface area contributed by atoms with Gasteiger partial charge in [0, 0.05) is 12.1 Å². The zero-order valence-electron chi connectivity index (χ0n) is 10.0. The maximum atomic E-state index is 10.6.